The van der Waals surface area contributed by atoms with Gasteiger partial charge in [0.05, 0.1) is 10.6 Å². The van der Waals surface area contributed by atoms with Gasteiger partial charge in [-0.15, -0.1) is 0 Å². The predicted molar refractivity (Wildman–Crippen MR) is 61.4 cm³/mol. The normalized spacial score (nSPS) is 10.2. The van der Waals surface area contributed by atoms with Crippen molar-refractivity contribution in [2.24, 2.45) is 5.11 Å². The molecule has 0 atom stereocenters. The average molecular weight is 256 g/mol. The van der Waals surface area contributed by atoms with E-state index in [0.717, 1.165) is 6.07 Å². The molecular formula is C10H7ClFN3O2. The summed E-state index contributed by atoms with van der Waals surface area (Å²) in [6, 6.07) is 2.05. The summed E-state index contributed by atoms with van der Waals surface area (Å²) < 4.78 is 13.4. The van der Waals surface area contributed by atoms with Crippen molar-refractivity contribution in [3.05, 3.63) is 50.6 Å². The van der Waals surface area contributed by atoms with Crippen LogP contribution in [0.3, 0.4) is 0 Å². The van der Waals surface area contributed by atoms with Crippen molar-refractivity contribution < 1.29 is 14.3 Å². The minimum absolute atomic E-state index is 0.0534. The highest BCUT2D eigenvalue weighted by Gasteiger charge is 2.12. The molecule has 0 radical (unpaired) electrons. The van der Waals surface area contributed by atoms with Gasteiger partial charge in [0.1, 0.15) is 5.82 Å². The highest BCUT2D eigenvalue weighted by atomic mass is 35.5. The Balaban J connectivity index is 3.03. The number of carboxylic acid groups (broad SMARTS) is 1. The third kappa shape index (κ3) is 3.48. The van der Waals surface area contributed by atoms with Crippen LogP contribution >= 0.6 is 11.6 Å². The summed E-state index contributed by atoms with van der Waals surface area (Å²) in [6.45, 7) is 0.0776. The number of nitrogens with zero attached hydrogens (tertiary/aromatic N) is 3. The molecule has 0 unspecified atom stereocenters. The molecule has 0 saturated heterocycles. The molecule has 0 amide bonds. The van der Waals surface area contributed by atoms with Gasteiger partial charge < -0.3 is 5.11 Å². The van der Waals surface area contributed by atoms with Gasteiger partial charge in [-0.25, -0.2) is 9.18 Å². The van der Waals surface area contributed by atoms with E-state index >= 15 is 0 Å². The summed E-state index contributed by atoms with van der Waals surface area (Å²) in [6.07, 6.45) is 2.80. The van der Waals surface area contributed by atoms with Gasteiger partial charge >= 0.3 is 5.97 Å². The molecule has 0 aliphatic carbocycles. The maximum Gasteiger partial charge on any atom is 0.337 e. The van der Waals surface area contributed by atoms with Gasteiger partial charge in [-0.05, 0) is 17.7 Å². The van der Waals surface area contributed by atoms with E-state index in [9.17, 15) is 9.18 Å². The van der Waals surface area contributed by atoms with Gasteiger partial charge in [0.2, 0.25) is 0 Å². The largest absolute Gasteiger partial charge is 0.478 e. The summed E-state index contributed by atoms with van der Waals surface area (Å²) in [5.41, 5.74) is 7.86. The van der Waals surface area contributed by atoms with Gasteiger partial charge in [0, 0.05) is 17.0 Å². The lowest BCUT2D eigenvalue weighted by Crippen LogP contribution is -1.99. The maximum absolute atomic E-state index is 13.4. The van der Waals surface area contributed by atoms with Crippen molar-refractivity contribution >= 4 is 23.6 Å². The fraction of sp³-hybridized carbons (Fsp3) is 0.100. The van der Waals surface area contributed by atoms with Crippen molar-refractivity contribution in [3.63, 3.8) is 0 Å². The van der Waals surface area contributed by atoms with Gasteiger partial charge in [-0.1, -0.05) is 28.9 Å². The second kappa shape index (κ2) is 5.89. The van der Waals surface area contributed by atoms with E-state index in [1.54, 1.807) is 0 Å². The van der Waals surface area contributed by atoms with Crippen LogP contribution in [0, 0.1) is 5.82 Å². The van der Waals surface area contributed by atoms with Crippen LogP contribution in [0.4, 0.5) is 4.39 Å². The Labute approximate surface area is 101 Å². The van der Waals surface area contributed by atoms with Crippen LogP contribution in [0.2, 0.25) is 5.02 Å². The molecule has 7 heteroatoms. The van der Waals surface area contributed by atoms with Gasteiger partial charge in [0.25, 0.3) is 0 Å². The summed E-state index contributed by atoms with van der Waals surface area (Å²) in [7, 11) is 0. The number of aromatic carboxylic acids is 1. The average Bonchev–Trinajstić information content (AvgIpc) is 2.28. The molecule has 0 fully saturated rings. The molecule has 1 rings (SSSR count). The number of azide groups is 1. The monoisotopic (exact) mass is 255 g/mol. The summed E-state index contributed by atoms with van der Waals surface area (Å²) >= 11 is 5.67. The fourth-order valence-electron chi connectivity index (χ4n) is 1.12. The Morgan fingerprint density at radius 3 is 2.94 bits per heavy atom. The summed E-state index contributed by atoms with van der Waals surface area (Å²) in [5, 5.41) is 11.9. The molecule has 1 aromatic carbocycles. The zero-order chi connectivity index (χ0) is 12.8. The molecule has 5 nitrogen and oxygen atoms in total. The van der Waals surface area contributed by atoms with Crippen LogP contribution in [0.1, 0.15) is 15.9 Å². The van der Waals surface area contributed by atoms with Crippen LogP contribution in [-0.4, -0.2) is 17.6 Å². The van der Waals surface area contributed by atoms with Crippen LogP contribution < -0.4 is 0 Å². The smallest absolute Gasteiger partial charge is 0.337 e. The lowest BCUT2D eigenvalue weighted by molar-refractivity contribution is 0.0696. The molecule has 0 bridgehead atoms. The first-order chi connectivity index (χ1) is 8.06. The van der Waals surface area contributed by atoms with Gasteiger partial charge in [-0.2, -0.15) is 0 Å². The minimum atomic E-state index is -1.29. The number of hydrogen-bond donors (Lipinski definition) is 1. The van der Waals surface area contributed by atoms with E-state index < -0.39 is 11.8 Å². The Morgan fingerprint density at radius 2 is 2.35 bits per heavy atom. The number of benzene rings is 1. The second-order valence-electron chi connectivity index (χ2n) is 2.97. The van der Waals surface area contributed by atoms with Crippen molar-refractivity contribution in [3.8, 4) is 0 Å². The van der Waals surface area contributed by atoms with Crippen LogP contribution in [0.15, 0.2) is 23.3 Å². The molecule has 88 valence electrons. The van der Waals surface area contributed by atoms with E-state index in [1.807, 2.05) is 0 Å². The molecule has 0 saturated carbocycles. The van der Waals surface area contributed by atoms with Crippen LogP contribution in [-0.2, 0) is 0 Å². The number of rotatable bonds is 4. The highest BCUT2D eigenvalue weighted by molar-refractivity contribution is 6.33. The molecular weight excluding hydrogens is 249 g/mol. The van der Waals surface area contributed by atoms with Crippen LogP contribution in [0.5, 0.6) is 0 Å². The quantitative estimate of drug-likeness (QED) is 0.507. The fourth-order valence-corrected chi connectivity index (χ4v) is 1.37. The predicted octanol–water partition coefficient (Wildman–Crippen LogP) is 3.50. The van der Waals surface area contributed by atoms with Crippen molar-refractivity contribution in [2.45, 2.75) is 0 Å². The summed E-state index contributed by atoms with van der Waals surface area (Å²) in [5.74, 6) is -2.00. The first-order valence-corrected chi connectivity index (χ1v) is 4.83. The Bertz CT molecular complexity index is 525. The lowest BCUT2D eigenvalue weighted by Gasteiger charge is -2.02. The third-order valence-electron chi connectivity index (χ3n) is 1.86. The standard InChI is InChI=1S/C10H7ClFN3O2/c11-8-4-6(2-1-3-14-15-13)9(12)5-7(8)10(16)17/h1-2,4-5H,3H2,(H,16,17). The molecule has 0 aliphatic heterocycles. The van der Waals surface area contributed by atoms with E-state index in [-0.39, 0.29) is 22.7 Å². The molecule has 0 aliphatic rings. The third-order valence-corrected chi connectivity index (χ3v) is 2.18. The molecule has 0 aromatic heterocycles. The zero-order valence-electron chi connectivity index (χ0n) is 8.47. The number of carbonyl (C=O) groups is 1. The van der Waals surface area contributed by atoms with Crippen molar-refractivity contribution in [1.82, 2.24) is 0 Å². The number of halogens is 2. The SMILES string of the molecule is [N-]=[N+]=NCC=Cc1cc(Cl)c(C(=O)O)cc1F. The lowest BCUT2D eigenvalue weighted by atomic mass is 10.1. The minimum Gasteiger partial charge on any atom is -0.478 e. The maximum atomic E-state index is 13.4. The van der Waals surface area contributed by atoms with E-state index in [4.69, 9.17) is 22.2 Å². The topological polar surface area (TPSA) is 86.1 Å². The number of hydrogen-bond acceptors (Lipinski definition) is 2. The van der Waals surface area contributed by atoms with Gasteiger partial charge in [-0.3, -0.25) is 0 Å². The van der Waals surface area contributed by atoms with E-state index in [0.29, 0.717) is 0 Å². The van der Waals surface area contributed by atoms with Crippen molar-refractivity contribution in [2.75, 3.05) is 6.54 Å². The first-order valence-electron chi connectivity index (χ1n) is 4.46. The molecule has 1 N–H and O–H groups in total. The molecule has 0 heterocycles. The molecule has 17 heavy (non-hydrogen) atoms. The van der Waals surface area contributed by atoms with E-state index in [2.05, 4.69) is 10.0 Å². The molecule has 0 spiro atoms. The Kier molecular flexibility index (Phi) is 4.51. The first kappa shape index (κ1) is 13.0. The Morgan fingerprint density at radius 1 is 1.65 bits per heavy atom. The van der Waals surface area contributed by atoms with Gasteiger partial charge in [0.15, 0.2) is 0 Å². The molecule has 1 aromatic rings. The van der Waals surface area contributed by atoms with Crippen LogP contribution in [0.25, 0.3) is 16.5 Å². The zero-order valence-corrected chi connectivity index (χ0v) is 9.23. The van der Waals surface area contributed by atoms with Crippen molar-refractivity contribution in [1.29, 1.82) is 0 Å². The van der Waals surface area contributed by atoms with E-state index in [1.165, 1.54) is 18.2 Å². The highest BCUT2D eigenvalue weighted by Crippen LogP contribution is 2.21. The summed E-state index contributed by atoms with van der Waals surface area (Å²) in [4.78, 5) is 13.2. The second-order valence-corrected chi connectivity index (χ2v) is 3.38. The number of carboxylic acids is 1. The Hall–Kier alpha value is -2.04.